The van der Waals surface area contributed by atoms with E-state index >= 15 is 0 Å². The maximum absolute atomic E-state index is 13.8. The number of anilines is 1. The molecule has 4 rings (SSSR count). The summed E-state index contributed by atoms with van der Waals surface area (Å²) in [6.45, 7) is 14.8. The van der Waals surface area contributed by atoms with Gasteiger partial charge in [0.25, 0.3) is 15.9 Å². The molecule has 1 N–H and O–H groups in total. The Morgan fingerprint density at radius 1 is 0.975 bits per heavy atom. The van der Waals surface area contributed by atoms with Gasteiger partial charge in [-0.2, -0.15) is 0 Å². The summed E-state index contributed by atoms with van der Waals surface area (Å²) in [6.07, 6.45) is -1.02. The van der Waals surface area contributed by atoms with Crippen LogP contribution in [0.2, 0.25) is 0 Å². The fraction of sp³-hybridized carbons (Fsp3) is 0.406. The number of fused-ring (bicyclic) bond motifs is 1. The zero-order valence-electron chi connectivity index (χ0n) is 24.4. The number of ether oxygens (including phenoxy) is 2. The van der Waals surface area contributed by atoms with Gasteiger partial charge in [0.15, 0.2) is 6.10 Å². The van der Waals surface area contributed by atoms with Crippen LogP contribution in [-0.2, 0) is 25.6 Å². The highest BCUT2D eigenvalue weighted by Gasteiger charge is 2.38. The molecule has 0 saturated heterocycles. The average molecular weight is 565 g/mol. The lowest BCUT2D eigenvalue weighted by atomic mass is 9.86. The van der Waals surface area contributed by atoms with Gasteiger partial charge in [0.2, 0.25) is 0 Å². The minimum Gasteiger partial charge on any atom is -0.491 e. The van der Waals surface area contributed by atoms with E-state index in [1.807, 2.05) is 43.3 Å². The van der Waals surface area contributed by atoms with E-state index in [1.54, 1.807) is 30.3 Å². The number of benzene rings is 3. The molecule has 8 heteroatoms. The number of carbonyl (C=O) groups excluding carboxylic acids is 1. The number of nitrogens with one attached hydrogen (secondary N) is 1. The van der Waals surface area contributed by atoms with Crippen LogP contribution in [-0.4, -0.2) is 40.1 Å². The largest absolute Gasteiger partial charge is 0.491 e. The highest BCUT2D eigenvalue weighted by atomic mass is 32.2. The van der Waals surface area contributed by atoms with E-state index in [2.05, 4.69) is 46.9 Å². The Morgan fingerprint density at radius 2 is 1.65 bits per heavy atom. The fourth-order valence-corrected chi connectivity index (χ4v) is 6.05. The molecule has 0 spiro atoms. The second kappa shape index (κ2) is 11.2. The number of nitrogens with zero attached hydrogens (tertiary/aromatic N) is 1. The van der Waals surface area contributed by atoms with Crippen LogP contribution >= 0.6 is 0 Å². The van der Waals surface area contributed by atoms with E-state index in [4.69, 9.17) is 9.47 Å². The second-order valence-electron chi connectivity index (χ2n) is 12.3. The molecular formula is C32H40N2O5S. The lowest BCUT2D eigenvalue weighted by molar-refractivity contribution is -0.127. The molecule has 1 atom stereocenters. The number of hydrogen-bond acceptors (Lipinski definition) is 5. The van der Waals surface area contributed by atoms with Crippen LogP contribution < -0.4 is 19.1 Å². The number of sulfonamides is 1. The Morgan fingerprint density at radius 3 is 2.30 bits per heavy atom. The van der Waals surface area contributed by atoms with E-state index < -0.39 is 22.0 Å². The van der Waals surface area contributed by atoms with E-state index in [-0.39, 0.29) is 35.4 Å². The van der Waals surface area contributed by atoms with Crippen LogP contribution in [0.1, 0.15) is 58.2 Å². The Kier molecular flexibility index (Phi) is 8.22. The van der Waals surface area contributed by atoms with Crippen molar-refractivity contribution < 1.29 is 22.7 Å². The molecule has 0 radical (unpaired) electrons. The molecule has 0 fully saturated rings. The summed E-state index contributed by atoms with van der Waals surface area (Å²) >= 11 is 0. The Labute approximate surface area is 238 Å². The van der Waals surface area contributed by atoms with Crippen LogP contribution in [0, 0.1) is 6.92 Å². The standard InChI is InChI=1S/C32H40N2O5S/c1-22-12-15-24(16-13-22)40(36,37)34-21-29(39-28-17-14-23(20-26(28)34)31(2,3)4)30(35)33-18-19-38-27-11-9-8-10-25(27)32(5,6)7/h8-17,20,29H,18-19,21H2,1-7H3,(H,33,35)/t29-/m0/s1. The minimum atomic E-state index is -3.95. The lowest BCUT2D eigenvalue weighted by Gasteiger charge is -2.36. The van der Waals surface area contributed by atoms with Gasteiger partial charge in [0.1, 0.15) is 18.1 Å². The maximum atomic E-state index is 13.8. The Bertz CT molecular complexity index is 1470. The van der Waals surface area contributed by atoms with Gasteiger partial charge in [-0.15, -0.1) is 0 Å². The van der Waals surface area contributed by atoms with Gasteiger partial charge < -0.3 is 14.8 Å². The quantitative estimate of drug-likeness (QED) is 0.370. The van der Waals surface area contributed by atoms with Crippen molar-refractivity contribution >= 4 is 21.6 Å². The number of rotatable bonds is 7. The second-order valence-corrected chi connectivity index (χ2v) is 14.1. The van der Waals surface area contributed by atoms with Gasteiger partial charge >= 0.3 is 0 Å². The zero-order chi connectivity index (χ0) is 29.3. The summed E-state index contributed by atoms with van der Waals surface area (Å²) in [5, 5.41) is 2.86. The van der Waals surface area contributed by atoms with Crippen molar-refractivity contribution in [2.45, 2.75) is 70.3 Å². The van der Waals surface area contributed by atoms with Crippen LogP contribution in [0.15, 0.2) is 71.6 Å². The van der Waals surface area contributed by atoms with Crippen LogP contribution in [0.3, 0.4) is 0 Å². The minimum absolute atomic E-state index is 0.0809. The van der Waals surface area contributed by atoms with E-state index in [1.165, 1.54) is 4.31 Å². The molecule has 7 nitrogen and oxygen atoms in total. The summed E-state index contributed by atoms with van der Waals surface area (Å²) in [5.74, 6) is 0.727. The molecule has 1 aliphatic rings. The SMILES string of the molecule is Cc1ccc(S(=O)(=O)N2C[C@@H](C(=O)NCCOc3ccccc3C(C)(C)C)Oc3ccc(C(C)(C)C)cc32)cc1. The summed E-state index contributed by atoms with van der Waals surface area (Å²) in [5.41, 5.74) is 3.16. The molecule has 1 aliphatic heterocycles. The molecule has 0 aliphatic carbocycles. The van der Waals surface area contributed by atoms with Crippen molar-refractivity contribution in [1.29, 1.82) is 0 Å². The molecule has 214 valence electrons. The van der Waals surface area contributed by atoms with Crippen molar-refractivity contribution in [3.05, 3.63) is 83.4 Å². The van der Waals surface area contributed by atoms with Crippen LogP contribution in [0.4, 0.5) is 5.69 Å². The third-order valence-electron chi connectivity index (χ3n) is 6.95. The summed E-state index contributed by atoms with van der Waals surface area (Å²) in [4.78, 5) is 13.4. The molecule has 3 aromatic carbocycles. The third kappa shape index (κ3) is 6.44. The van der Waals surface area contributed by atoms with Gasteiger partial charge in [-0.3, -0.25) is 9.10 Å². The van der Waals surface area contributed by atoms with E-state index in [0.29, 0.717) is 11.4 Å². The smallest absolute Gasteiger partial charge is 0.264 e. The van der Waals surface area contributed by atoms with Crippen molar-refractivity contribution in [3.63, 3.8) is 0 Å². The van der Waals surface area contributed by atoms with Gasteiger partial charge in [-0.1, -0.05) is 83.5 Å². The molecule has 0 unspecified atom stereocenters. The van der Waals surface area contributed by atoms with Crippen molar-refractivity contribution in [3.8, 4) is 11.5 Å². The van der Waals surface area contributed by atoms with Gasteiger partial charge in [-0.25, -0.2) is 8.42 Å². The summed E-state index contributed by atoms with van der Waals surface area (Å²) in [7, 11) is -3.95. The molecule has 40 heavy (non-hydrogen) atoms. The topological polar surface area (TPSA) is 84.9 Å². The molecule has 0 bridgehead atoms. The summed E-state index contributed by atoms with van der Waals surface area (Å²) < 4.78 is 41.0. The molecule has 1 heterocycles. The zero-order valence-corrected chi connectivity index (χ0v) is 25.3. The van der Waals surface area contributed by atoms with Gasteiger partial charge in [0, 0.05) is 0 Å². The van der Waals surface area contributed by atoms with E-state index in [9.17, 15) is 13.2 Å². The Hall–Kier alpha value is -3.52. The predicted molar refractivity (Wildman–Crippen MR) is 159 cm³/mol. The summed E-state index contributed by atoms with van der Waals surface area (Å²) in [6, 6.07) is 20.1. The first-order chi connectivity index (χ1) is 18.7. The number of para-hydroxylation sites is 1. The van der Waals surface area contributed by atoms with Crippen molar-refractivity contribution in [2.24, 2.45) is 0 Å². The molecule has 3 aromatic rings. The molecule has 0 aromatic heterocycles. The first-order valence-corrected chi connectivity index (χ1v) is 15.0. The fourth-order valence-electron chi connectivity index (χ4n) is 4.58. The first-order valence-electron chi connectivity index (χ1n) is 13.6. The highest BCUT2D eigenvalue weighted by Crippen LogP contribution is 2.40. The monoisotopic (exact) mass is 564 g/mol. The number of amides is 1. The Balaban J connectivity index is 1.54. The number of aryl methyl sites for hydroxylation is 1. The van der Waals surface area contributed by atoms with Crippen molar-refractivity contribution in [1.82, 2.24) is 5.32 Å². The van der Waals surface area contributed by atoms with E-state index in [0.717, 1.165) is 22.4 Å². The van der Waals surface area contributed by atoms with Crippen LogP contribution in [0.25, 0.3) is 0 Å². The first kappa shape index (κ1) is 29.5. The van der Waals surface area contributed by atoms with Gasteiger partial charge in [-0.05, 0) is 59.2 Å². The van der Waals surface area contributed by atoms with Crippen LogP contribution in [0.5, 0.6) is 11.5 Å². The molecular weight excluding hydrogens is 524 g/mol. The lowest BCUT2D eigenvalue weighted by Crippen LogP contribution is -2.51. The maximum Gasteiger partial charge on any atom is 0.264 e. The number of hydrogen-bond donors (Lipinski definition) is 1. The highest BCUT2D eigenvalue weighted by molar-refractivity contribution is 7.92. The molecule has 1 amide bonds. The predicted octanol–water partition coefficient (Wildman–Crippen LogP) is 5.74. The number of carbonyl (C=O) groups is 1. The average Bonchev–Trinajstić information content (AvgIpc) is 2.89. The van der Waals surface area contributed by atoms with Crippen molar-refractivity contribution in [2.75, 3.05) is 24.0 Å². The third-order valence-corrected chi connectivity index (χ3v) is 8.74. The molecule has 0 saturated carbocycles. The van der Waals surface area contributed by atoms with Gasteiger partial charge in [0.05, 0.1) is 23.7 Å². The normalized spacial score (nSPS) is 15.7.